The summed E-state index contributed by atoms with van der Waals surface area (Å²) in [5.41, 5.74) is 1.60. The second kappa shape index (κ2) is 1.82. The first-order chi connectivity index (χ1) is 4.81. The van der Waals surface area contributed by atoms with Gasteiger partial charge in [-0.3, -0.25) is 4.98 Å². The maximum absolute atomic E-state index is 4.28. The fourth-order valence-electron chi connectivity index (χ4n) is 1.10. The predicted molar refractivity (Wildman–Crippen MR) is 39.7 cm³/mol. The zero-order valence-electron chi connectivity index (χ0n) is 6.09. The van der Waals surface area contributed by atoms with E-state index in [1.54, 1.807) is 0 Å². The average molecular weight is 132 g/mol. The third-order valence-corrected chi connectivity index (χ3v) is 2.22. The van der Waals surface area contributed by atoms with Gasteiger partial charge in [0.25, 0.3) is 0 Å². The molecule has 51 valence electrons. The Morgan fingerprint density at radius 1 is 1.60 bits per heavy atom. The zero-order valence-corrected chi connectivity index (χ0v) is 6.09. The van der Waals surface area contributed by atoms with E-state index in [0.717, 1.165) is 0 Å². The Bertz CT molecular complexity index is 224. The molecule has 0 unspecified atom stereocenters. The predicted octanol–water partition coefficient (Wildman–Crippen LogP) is 1.93. The van der Waals surface area contributed by atoms with E-state index in [-0.39, 0.29) is 0 Å². The summed E-state index contributed by atoms with van der Waals surface area (Å²) in [6.07, 6.45) is 4.40. The highest BCUT2D eigenvalue weighted by atomic mass is 14.7. The van der Waals surface area contributed by atoms with Crippen LogP contribution < -0.4 is 0 Å². The normalized spacial score (nSPS) is 20.5. The fraction of sp³-hybridized carbons (Fsp3) is 0.444. The van der Waals surface area contributed by atoms with Crippen molar-refractivity contribution in [2.24, 2.45) is 0 Å². The largest absolute Gasteiger partial charge is 0.261 e. The van der Waals surface area contributed by atoms with Crippen LogP contribution in [-0.2, 0) is 5.41 Å². The molecule has 0 amide bonds. The molecule has 1 heterocycles. The molecule has 0 atom stereocenters. The second-order valence-electron chi connectivity index (χ2n) is 3.20. The first-order valence-electron chi connectivity index (χ1n) is 3.64. The van der Waals surface area contributed by atoms with Crippen LogP contribution in [0.3, 0.4) is 0 Å². The van der Waals surface area contributed by atoms with E-state index in [1.165, 1.54) is 18.5 Å². The maximum atomic E-state index is 4.28. The summed E-state index contributed by atoms with van der Waals surface area (Å²) >= 11 is 0. The quantitative estimate of drug-likeness (QED) is 0.569. The van der Waals surface area contributed by atoms with Crippen LogP contribution in [0, 0.1) is 6.07 Å². The maximum Gasteiger partial charge on any atom is 0.0468 e. The van der Waals surface area contributed by atoms with E-state index in [2.05, 4.69) is 18.0 Å². The molecule has 0 spiro atoms. The van der Waals surface area contributed by atoms with Crippen molar-refractivity contribution in [2.75, 3.05) is 0 Å². The molecule has 1 aliphatic rings. The van der Waals surface area contributed by atoms with Gasteiger partial charge in [-0.15, -0.1) is 0 Å². The van der Waals surface area contributed by atoms with Gasteiger partial charge >= 0.3 is 0 Å². The van der Waals surface area contributed by atoms with Crippen LogP contribution in [0.1, 0.15) is 25.5 Å². The Morgan fingerprint density at radius 2 is 2.40 bits per heavy atom. The van der Waals surface area contributed by atoms with Crippen LogP contribution in [0.15, 0.2) is 18.3 Å². The third kappa shape index (κ3) is 0.821. The van der Waals surface area contributed by atoms with Gasteiger partial charge in [0.2, 0.25) is 0 Å². The molecule has 1 aromatic heterocycles. The number of rotatable bonds is 1. The molecule has 0 bridgehead atoms. The molecule has 1 saturated carbocycles. The molecule has 1 radical (unpaired) electrons. The molecule has 0 N–H and O–H groups in total. The average Bonchev–Trinajstić information content (AvgIpc) is 2.72. The van der Waals surface area contributed by atoms with Gasteiger partial charge in [0.15, 0.2) is 0 Å². The summed E-state index contributed by atoms with van der Waals surface area (Å²) in [6.45, 7) is 2.25. The fourth-order valence-corrected chi connectivity index (χ4v) is 1.10. The van der Waals surface area contributed by atoms with Crippen molar-refractivity contribution < 1.29 is 0 Å². The number of hydrogen-bond acceptors (Lipinski definition) is 1. The third-order valence-electron chi connectivity index (χ3n) is 2.22. The molecule has 2 rings (SSSR count). The molecule has 0 saturated heterocycles. The van der Waals surface area contributed by atoms with E-state index in [0.29, 0.717) is 5.41 Å². The smallest absolute Gasteiger partial charge is 0.0468 e. The lowest BCUT2D eigenvalue weighted by molar-refractivity contribution is 0.750. The standard InChI is InChI=1S/C9H10N/c1-9(5-6-9)8-4-2-3-7-10-8/h3-4,7H,5-6H2,1H3. The van der Waals surface area contributed by atoms with Crippen LogP contribution in [0.4, 0.5) is 0 Å². The topological polar surface area (TPSA) is 12.9 Å². The van der Waals surface area contributed by atoms with Crippen LogP contribution >= 0.6 is 0 Å². The minimum atomic E-state index is 0.401. The molecular formula is C9H10N. The lowest BCUT2D eigenvalue weighted by atomic mass is 10.1. The van der Waals surface area contributed by atoms with Gasteiger partial charge in [0.05, 0.1) is 0 Å². The van der Waals surface area contributed by atoms with E-state index in [1.807, 2.05) is 18.3 Å². The second-order valence-corrected chi connectivity index (χ2v) is 3.20. The Kier molecular flexibility index (Phi) is 1.07. The molecule has 1 heteroatoms. The molecular weight excluding hydrogens is 122 g/mol. The van der Waals surface area contributed by atoms with Crippen molar-refractivity contribution in [1.29, 1.82) is 0 Å². The zero-order chi connectivity index (χ0) is 7.03. The minimum Gasteiger partial charge on any atom is -0.261 e. The SMILES string of the molecule is CC1(c2c[c]ccn2)CC1. The number of hydrogen-bond donors (Lipinski definition) is 0. The first-order valence-corrected chi connectivity index (χ1v) is 3.64. The van der Waals surface area contributed by atoms with E-state index < -0.39 is 0 Å². The molecule has 10 heavy (non-hydrogen) atoms. The van der Waals surface area contributed by atoms with Crippen LogP contribution in [0.5, 0.6) is 0 Å². The van der Waals surface area contributed by atoms with Crippen molar-refractivity contribution >= 4 is 0 Å². The van der Waals surface area contributed by atoms with E-state index in [4.69, 9.17) is 0 Å². The van der Waals surface area contributed by atoms with Gasteiger partial charge in [-0.25, -0.2) is 0 Å². The van der Waals surface area contributed by atoms with Gasteiger partial charge in [-0.1, -0.05) is 6.92 Å². The van der Waals surface area contributed by atoms with Gasteiger partial charge in [-0.05, 0) is 31.0 Å². The molecule has 0 aliphatic heterocycles. The minimum absolute atomic E-state index is 0.401. The highest BCUT2D eigenvalue weighted by Gasteiger charge is 2.39. The molecule has 1 aliphatic carbocycles. The summed E-state index contributed by atoms with van der Waals surface area (Å²) in [6, 6.07) is 6.88. The van der Waals surface area contributed by atoms with Crippen molar-refractivity contribution in [3.05, 3.63) is 30.1 Å². The Balaban J connectivity index is 2.35. The summed E-state index contributed by atoms with van der Waals surface area (Å²) < 4.78 is 0. The van der Waals surface area contributed by atoms with Gasteiger partial charge in [0.1, 0.15) is 0 Å². The Labute approximate surface area is 61.1 Å². The Morgan fingerprint density at radius 3 is 2.90 bits per heavy atom. The van der Waals surface area contributed by atoms with Gasteiger partial charge in [-0.2, -0.15) is 0 Å². The van der Waals surface area contributed by atoms with Crippen LogP contribution in [0.2, 0.25) is 0 Å². The summed E-state index contributed by atoms with van der Waals surface area (Å²) in [5.74, 6) is 0. The Hall–Kier alpha value is -0.850. The summed E-state index contributed by atoms with van der Waals surface area (Å²) in [5, 5.41) is 0. The van der Waals surface area contributed by atoms with Crippen molar-refractivity contribution in [3.8, 4) is 0 Å². The van der Waals surface area contributed by atoms with E-state index >= 15 is 0 Å². The van der Waals surface area contributed by atoms with Crippen LogP contribution in [0.25, 0.3) is 0 Å². The summed E-state index contributed by atoms with van der Waals surface area (Å²) in [4.78, 5) is 4.28. The van der Waals surface area contributed by atoms with Gasteiger partial charge in [0, 0.05) is 17.3 Å². The van der Waals surface area contributed by atoms with Crippen LogP contribution in [-0.4, -0.2) is 4.98 Å². The molecule has 1 fully saturated rings. The number of nitrogens with zero attached hydrogens (tertiary/aromatic N) is 1. The van der Waals surface area contributed by atoms with Gasteiger partial charge < -0.3 is 0 Å². The molecule has 1 aromatic rings. The molecule has 1 nitrogen and oxygen atoms in total. The highest BCUT2D eigenvalue weighted by molar-refractivity contribution is 5.21. The van der Waals surface area contributed by atoms with Crippen molar-refractivity contribution in [1.82, 2.24) is 4.98 Å². The van der Waals surface area contributed by atoms with Crippen molar-refractivity contribution in [2.45, 2.75) is 25.2 Å². The first kappa shape index (κ1) is 5.90. The lowest BCUT2D eigenvalue weighted by Crippen LogP contribution is -2.01. The number of pyridine rings is 1. The monoisotopic (exact) mass is 132 g/mol. The molecule has 0 aromatic carbocycles. The number of aromatic nitrogens is 1. The summed E-state index contributed by atoms with van der Waals surface area (Å²) in [7, 11) is 0. The van der Waals surface area contributed by atoms with Crippen molar-refractivity contribution in [3.63, 3.8) is 0 Å². The lowest BCUT2D eigenvalue weighted by Gasteiger charge is -2.04. The van der Waals surface area contributed by atoms with E-state index in [9.17, 15) is 0 Å². The highest BCUT2D eigenvalue weighted by Crippen LogP contribution is 2.46.